The first-order valence-electron chi connectivity index (χ1n) is 8.84. The number of esters is 1. The van der Waals surface area contributed by atoms with Gasteiger partial charge in [-0.15, -0.1) is 0 Å². The molecule has 2 aromatic carbocycles. The van der Waals surface area contributed by atoms with E-state index in [0.29, 0.717) is 34.0 Å². The van der Waals surface area contributed by atoms with Crippen molar-refractivity contribution in [2.24, 2.45) is 0 Å². The number of nitrogens with zero attached hydrogens (tertiary/aromatic N) is 1. The van der Waals surface area contributed by atoms with Crippen molar-refractivity contribution in [1.82, 2.24) is 0 Å². The average molecular weight is 418 g/mol. The first-order chi connectivity index (χ1) is 13.9. The Balaban J connectivity index is 1.84. The number of carbonyl (C=O) groups is 2. The summed E-state index contributed by atoms with van der Waals surface area (Å²) in [4.78, 5) is 27.0. The predicted molar refractivity (Wildman–Crippen MR) is 104 cm³/mol. The maximum absolute atomic E-state index is 13.6. The van der Waals surface area contributed by atoms with Crippen LogP contribution in [0.15, 0.2) is 47.7 Å². The van der Waals surface area contributed by atoms with Crippen molar-refractivity contribution in [2.45, 2.75) is 12.3 Å². The van der Waals surface area contributed by atoms with Crippen molar-refractivity contribution < 1.29 is 28.2 Å². The summed E-state index contributed by atoms with van der Waals surface area (Å²) < 4.78 is 29.5. The maximum Gasteiger partial charge on any atom is 0.336 e. The minimum atomic E-state index is -0.589. The van der Waals surface area contributed by atoms with Crippen LogP contribution in [0.2, 0.25) is 5.02 Å². The van der Waals surface area contributed by atoms with Crippen molar-refractivity contribution in [3.63, 3.8) is 0 Å². The fraction of sp³-hybridized carbons (Fsp3) is 0.238. The third kappa shape index (κ3) is 3.21. The number of carbonyl (C=O) groups excluding carboxylic acids is 2. The van der Waals surface area contributed by atoms with Gasteiger partial charge in [0.1, 0.15) is 23.9 Å². The van der Waals surface area contributed by atoms with Crippen LogP contribution in [0.4, 0.5) is 10.1 Å². The van der Waals surface area contributed by atoms with Gasteiger partial charge in [-0.25, -0.2) is 9.18 Å². The molecule has 2 heterocycles. The number of hydrogen-bond acceptors (Lipinski definition) is 5. The number of benzene rings is 2. The van der Waals surface area contributed by atoms with Crippen LogP contribution >= 0.6 is 11.6 Å². The van der Waals surface area contributed by atoms with Gasteiger partial charge < -0.3 is 14.2 Å². The smallest absolute Gasteiger partial charge is 0.336 e. The Morgan fingerprint density at radius 3 is 2.62 bits per heavy atom. The Morgan fingerprint density at radius 1 is 1.14 bits per heavy atom. The summed E-state index contributed by atoms with van der Waals surface area (Å²) in [5, 5.41) is -0.110. The number of halogens is 2. The molecule has 4 rings (SSSR count). The topological polar surface area (TPSA) is 65.1 Å². The zero-order valence-corrected chi connectivity index (χ0v) is 16.5. The average Bonchev–Trinajstić information content (AvgIpc) is 3.10. The van der Waals surface area contributed by atoms with Crippen molar-refractivity contribution in [3.05, 3.63) is 64.1 Å². The Hall–Kier alpha value is -3.06. The highest BCUT2D eigenvalue weighted by molar-refractivity contribution is 6.31. The highest BCUT2D eigenvalue weighted by atomic mass is 35.5. The summed E-state index contributed by atoms with van der Waals surface area (Å²) in [6, 6.07) is 9.20. The zero-order valence-electron chi connectivity index (χ0n) is 15.7. The molecule has 0 saturated heterocycles. The molecule has 0 bridgehead atoms. The van der Waals surface area contributed by atoms with E-state index in [4.69, 9.17) is 25.8 Å². The molecule has 150 valence electrons. The first-order valence-corrected chi connectivity index (χ1v) is 9.22. The second-order valence-electron chi connectivity index (χ2n) is 6.63. The van der Waals surface area contributed by atoms with E-state index < -0.39 is 17.7 Å². The Labute approximate surface area is 171 Å². The highest BCUT2D eigenvalue weighted by Crippen LogP contribution is 2.45. The Morgan fingerprint density at radius 2 is 1.93 bits per heavy atom. The molecular weight excluding hydrogens is 401 g/mol. The van der Waals surface area contributed by atoms with Crippen molar-refractivity contribution in [3.8, 4) is 11.5 Å². The van der Waals surface area contributed by atoms with E-state index >= 15 is 0 Å². The van der Waals surface area contributed by atoms with Crippen LogP contribution in [-0.2, 0) is 14.3 Å². The molecule has 0 unspecified atom stereocenters. The molecule has 1 atom stereocenters. The molecule has 0 aromatic heterocycles. The molecule has 0 spiro atoms. The van der Waals surface area contributed by atoms with Crippen LogP contribution in [0.3, 0.4) is 0 Å². The molecule has 2 aliphatic rings. The van der Waals surface area contributed by atoms with E-state index in [0.717, 1.165) is 0 Å². The largest absolute Gasteiger partial charge is 0.497 e. The van der Waals surface area contributed by atoms with Gasteiger partial charge in [0, 0.05) is 24.0 Å². The molecule has 2 aromatic rings. The number of anilines is 1. The van der Waals surface area contributed by atoms with Gasteiger partial charge in [0.05, 0.1) is 36.2 Å². The normalized spacial score (nSPS) is 18.6. The summed E-state index contributed by atoms with van der Waals surface area (Å²) in [6.07, 6.45) is 0.0195. The van der Waals surface area contributed by atoms with Gasteiger partial charge in [0.2, 0.25) is 5.91 Å². The number of methoxy groups -OCH3 is 2. The van der Waals surface area contributed by atoms with Gasteiger partial charge in [-0.2, -0.15) is 0 Å². The van der Waals surface area contributed by atoms with E-state index in [9.17, 15) is 14.0 Å². The second-order valence-corrected chi connectivity index (χ2v) is 7.04. The van der Waals surface area contributed by atoms with Gasteiger partial charge in [0.25, 0.3) is 0 Å². The lowest BCUT2D eigenvalue weighted by Crippen LogP contribution is -2.37. The molecule has 29 heavy (non-hydrogen) atoms. The molecular formula is C21H17ClFNO5. The van der Waals surface area contributed by atoms with Crippen LogP contribution in [0.5, 0.6) is 11.5 Å². The lowest BCUT2D eigenvalue weighted by atomic mass is 9.83. The highest BCUT2D eigenvalue weighted by Gasteiger charge is 2.43. The lowest BCUT2D eigenvalue weighted by Gasteiger charge is -2.32. The number of ether oxygens (including phenoxy) is 3. The zero-order chi connectivity index (χ0) is 20.7. The third-order valence-corrected chi connectivity index (χ3v) is 5.38. The minimum Gasteiger partial charge on any atom is -0.497 e. The number of cyclic esters (lactones) is 1. The first kappa shape index (κ1) is 19.3. The molecule has 0 N–H and O–H groups in total. The van der Waals surface area contributed by atoms with E-state index in [1.54, 1.807) is 25.3 Å². The van der Waals surface area contributed by atoms with Gasteiger partial charge in [-0.05, 0) is 24.3 Å². The van der Waals surface area contributed by atoms with Crippen LogP contribution in [0, 0.1) is 5.82 Å². The summed E-state index contributed by atoms with van der Waals surface area (Å²) in [5.41, 5.74) is 1.88. The summed E-state index contributed by atoms with van der Waals surface area (Å²) in [7, 11) is 3.05. The van der Waals surface area contributed by atoms with Crippen molar-refractivity contribution in [1.29, 1.82) is 0 Å². The molecule has 0 fully saturated rings. The van der Waals surface area contributed by atoms with Crippen molar-refractivity contribution in [2.75, 3.05) is 25.7 Å². The quantitative estimate of drug-likeness (QED) is 0.707. The minimum absolute atomic E-state index is 0.0195. The molecule has 1 amide bonds. The van der Waals surface area contributed by atoms with Crippen LogP contribution in [0.25, 0.3) is 0 Å². The number of hydrogen-bond donors (Lipinski definition) is 0. The van der Waals surface area contributed by atoms with Crippen LogP contribution < -0.4 is 14.4 Å². The van der Waals surface area contributed by atoms with E-state index in [1.165, 1.54) is 30.2 Å². The van der Waals surface area contributed by atoms with Crippen LogP contribution in [0.1, 0.15) is 17.9 Å². The van der Waals surface area contributed by atoms with E-state index in [2.05, 4.69) is 0 Å². The Kier molecular flexibility index (Phi) is 4.92. The molecule has 0 radical (unpaired) electrons. The van der Waals surface area contributed by atoms with Crippen LogP contribution in [-0.4, -0.2) is 32.7 Å². The summed E-state index contributed by atoms with van der Waals surface area (Å²) in [5.74, 6) is -0.763. The summed E-state index contributed by atoms with van der Waals surface area (Å²) >= 11 is 5.89. The number of rotatable bonds is 4. The van der Waals surface area contributed by atoms with E-state index in [-0.39, 0.29) is 24.0 Å². The Bertz CT molecular complexity index is 1050. The standard InChI is InChI=1S/C21H17ClFNO5/c1-27-12-4-5-13(18(8-12)28-2)14-9-19(25)24(17-10-29-21(26)20(14)17)11-3-6-16(23)15(22)7-11/h3-8,14H,9-10H2,1-2H3/t14-/m1/s1. The molecule has 8 heteroatoms. The number of amides is 1. The van der Waals surface area contributed by atoms with Gasteiger partial charge >= 0.3 is 5.97 Å². The van der Waals surface area contributed by atoms with E-state index in [1.807, 2.05) is 0 Å². The van der Waals surface area contributed by atoms with Gasteiger partial charge in [-0.3, -0.25) is 9.69 Å². The monoisotopic (exact) mass is 417 g/mol. The van der Waals surface area contributed by atoms with Gasteiger partial charge in [0.15, 0.2) is 0 Å². The fourth-order valence-electron chi connectivity index (χ4n) is 3.75. The molecule has 6 nitrogen and oxygen atoms in total. The lowest BCUT2D eigenvalue weighted by molar-refractivity contribution is -0.136. The molecule has 0 saturated carbocycles. The molecule has 0 aliphatic carbocycles. The SMILES string of the molecule is COc1ccc([C@H]2CC(=O)N(c3ccc(F)c(Cl)c3)C3=C2C(=O)OC3)c(OC)c1. The maximum atomic E-state index is 13.6. The second kappa shape index (κ2) is 7.40. The fourth-order valence-corrected chi connectivity index (χ4v) is 3.92. The third-order valence-electron chi connectivity index (χ3n) is 5.09. The van der Waals surface area contributed by atoms with Crippen molar-refractivity contribution >= 4 is 29.2 Å². The van der Waals surface area contributed by atoms with Gasteiger partial charge in [-0.1, -0.05) is 17.7 Å². The summed E-state index contributed by atoms with van der Waals surface area (Å²) in [6.45, 7) is -0.0517. The predicted octanol–water partition coefficient (Wildman–Crippen LogP) is 3.83. The molecule has 2 aliphatic heterocycles.